The fourth-order valence-corrected chi connectivity index (χ4v) is 6.39. The van der Waals surface area contributed by atoms with E-state index in [9.17, 15) is 4.79 Å². The average Bonchev–Trinajstić information content (AvgIpc) is 3.66. The number of aliphatic imine (C=N–C) groups is 1. The van der Waals surface area contributed by atoms with Crippen LogP contribution < -0.4 is 21.1 Å². The molecule has 1 amide bonds. The lowest BCUT2D eigenvalue weighted by Crippen LogP contribution is -2.19. The molecule has 210 valence electrons. The van der Waals surface area contributed by atoms with Crippen LogP contribution in [0.4, 0.5) is 5.82 Å². The van der Waals surface area contributed by atoms with Gasteiger partial charge < -0.3 is 21.1 Å². The summed E-state index contributed by atoms with van der Waals surface area (Å²) in [6, 6.07) is 16.2. The van der Waals surface area contributed by atoms with E-state index in [-0.39, 0.29) is 5.91 Å². The van der Waals surface area contributed by atoms with Gasteiger partial charge in [0.25, 0.3) is 0 Å². The summed E-state index contributed by atoms with van der Waals surface area (Å²) in [6.45, 7) is 9.43. The SMILES string of the molecule is C=CC(=O)NCc1ccc(-c2sc3c(C4=NCCN4)cnc(N)c3c2-c2ccc(Oc3nccc(C)n3)cc2)c(C)c1. The largest absolute Gasteiger partial charge is 0.424 e. The van der Waals surface area contributed by atoms with E-state index in [1.807, 2.05) is 43.3 Å². The normalized spacial score (nSPS) is 12.6. The second-order valence-electron chi connectivity index (χ2n) is 9.90. The zero-order chi connectivity index (χ0) is 29.2. The van der Waals surface area contributed by atoms with Crippen LogP contribution in [-0.4, -0.2) is 39.8 Å². The van der Waals surface area contributed by atoms with Gasteiger partial charge in [0, 0.05) is 47.0 Å². The van der Waals surface area contributed by atoms with Gasteiger partial charge in [-0.05, 0) is 60.4 Å². The Bertz CT molecular complexity index is 1860. The molecule has 1 aliphatic heterocycles. The highest BCUT2D eigenvalue weighted by Crippen LogP contribution is 2.48. The Balaban J connectivity index is 1.47. The second kappa shape index (κ2) is 11.4. The summed E-state index contributed by atoms with van der Waals surface area (Å²) in [5.74, 6) is 1.71. The maximum Gasteiger partial charge on any atom is 0.322 e. The third-order valence-corrected chi connectivity index (χ3v) is 8.24. The van der Waals surface area contributed by atoms with Crippen molar-refractivity contribution in [2.24, 2.45) is 4.99 Å². The Hall–Kier alpha value is -5.09. The summed E-state index contributed by atoms with van der Waals surface area (Å²) in [7, 11) is 0. The zero-order valence-corrected chi connectivity index (χ0v) is 24.1. The van der Waals surface area contributed by atoms with E-state index >= 15 is 0 Å². The van der Waals surface area contributed by atoms with Crippen LogP contribution in [0.3, 0.4) is 0 Å². The highest BCUT2D eigenvalue weighted by atomic mass is 32.1. The minimum absolute atomic E-state index is 0.205. The van der Waals surface area contributed by atoms with Crippen LogP contribution >= 0.6 is 11.3 Å². The number of carbonyl (C=O) groups excluding carboxylic acids is 1. The molecule has 4 N–H and O–H groups in total. The Morgan fingerprint density at radius 2 is 1.98 bits per heavy atom. The molecule has 4 heterocycles. The summed E-state index contributed by atoms with van der Waals surface area (Å²) in [5, 5.41) is 7.12. The molecule has 3 aromatic heterocycles. The highest BCUT2D eigenvalue weighted by Gasteiger charge is 2.24. The first kappa shape index (κ1) is 27.1. The monoisotopic (exact) mass is 575 g/mol. The summed E-state index contributed by atoms with van der Waals surface area (Å²) in [5.41, 5.74) is 13.5. The van der Waals surface area contributed by atoms with Crippen molar-refractivity contribution in [2.75, 3.05) is 18.8 Å². The number of aryl methyl sites for hydroxylation is 2. The van der Waals surface area contributed by atoms with Crippen LogP contribution in [0.1, 0.15) is 22.4 Å². The van der Waals surface area contributed by atoms with Crippen molar-refractivity contribution < 1.29 is 9.53 Å². The number of anilines is 1. The molecule has 0 unspecified atom stereocenters. The number of carbonyl (C=O) groups is 1. The number of amidine groups is 1. The second-order valence-corrected chi connectivity index (χ2v) is 10.9. The Morgan fingerprint density at radius 3 is 2.69 bits per heavy atom. The predicted octanol–water partition coefficient (Wildman–Crippen LogP) is 5.56. The number of benzene rings is 2. The van der Waals surface area contributed by atoms with Gasteiger partial charge in [-0.3, -0.25) is 9.79 Å². The molecule has 0 bridgehead atoms. The lowest BCUT2D eigenvalue weighted by atomic mass is 9.95. The van der Waals surface area contributed by atoms with Gasteiger partial charge in [-0.15, -0.1) is 11.3 Å². The fraction of sp³-hybridized carbons (Fsp3) is 0.156. The molecule has 0 saturated heterocycles. The molecule has 6 rings (SSSR count). The number of fused-ring (bicyclic) bond motifs is 1. The van der Waals surface area contributed by atoms with Gasteiger partial charge in [-0.25, -0.2) is 15.0 Å². The van der Waals surface area contributed by atoms with Gasteiger partial charge in [-0.1, -0.05) is 36.9 Å². The number of hydrogen-bond acceptors (Lipinski definition) is 9. The van der Waals surface area contributed by atoms with Crippen molar-refractivity contribution >= 4 is 39.0 Å². The maximum atomic E-state index is 11.7. The molecule has 0 fully saturated rings. The highest BCUT2D eigenvalue weighted by molar-refractivity contribution is 7.23. The van der Waals surface area contributed by atoms with Gasteiger partial charge >= 0.3 is 6.01 Å². The Morgan fingerprint density at radius 1 is 1.14 bits per heavy atom. The van der Waals surface area contributed by atoms with Crippen molar-refractivity contribution in [3.8, 4) is 33.3 Å². The molecular formula is C32H29N7O2S. The summed E-state index contributed by atoms with van der Waals surface area (Å²) in [6.07, 6.45) is 4.75. The zero-order valence-electron chi connectivity index (χ0n) is 23.3. The standard InChI is InChI=1S/C32H29N7O2S/c1-4-25(40)37-16-20-5-10-23(18(2)15-20)28-26(21-6-8-22(9-7-21)41-32-36-12-11-19(3)39-32)27-29(42-28)24(17-38-30(27)33)31-34-13-14-35-31/h4-12,15,17H,1,13-14,16H2,2-3H3,(H2,33,38)(H,34,35)(H,37,40). The van der Waals surface area contributed by atoms with Gasteiger partial charge in [0.1, 0.15) is 17.4 Å². The first-order chi connectivity index (χ1) is 20.4. The number of rotatable bonds is 8. The van der Waals surface area contributed by atoms with E-state index in [0.29, 0.717) is 24.1 Å². The Kier molecular flexibility index (Phi) is 7.37. The molecule has 9 nitrogen and oxygen atoms in total. The van der Waals surface area contributed by atoms with Gasteiger partial charge in [-0.2, -0.15) is 0 Å². The van der Waals surface area contributed by atoms with Crippen LogP contribution in [0.2, 0.25) is 0 Å². The van der Waals surface area contributed by atoms with E-state index in [1.165, 1.54) is 6.08 Å². The molecule has 2 aromatic carbocycles. The molecular weight excluding hydrogens is 546 g/mol. The van der Waals surface area contributed by atoms with Crippen molar-refractivity contribution in [3.05, 3.63) is 96.0 Å². The molecule has 0 atom stereocenters. The van der Waals surface area contributed by atoms with E-state index < -0.39 is 0 Å². The molecule has 10 heteroatoms. The van der Waals surface area contributed by atoms with Crippen molar-refractivity contribution in [1.29, 1.82) is 0 Å². The van der Waals surface area contributed by atoms with Crippen LogP contribution in [0, 0.1) is 13.8 Å². The quantitative estimate of drug-likeness (QED) is 0.207. The van der Waals surface area contributed by atoms with Gasteiger partial charge in [0.15, 0.2) is 0 Å². The number of ether oxygens (including phenoxy) is 1. The molecule has 0 spiro atoms. The number of nitrogens with two attached hydrogens (primary N) is 1. The lowest BCUT2D eigenvalue weighted by molar-refractivity contribution is -0.116. The van der Waals surface area contributed by atoms with Crippen LogP contribution in [0.25, 0.3) is 31.7 Å². The Labute approximate surface area is 247 Å². The summed E-state index contributed by atoms with van der Waals surface area (Å²) in [4.78, 5) is 30.6. The van der Waals surface area contributed by atoms with E-state index in [0.717, 1.165) is 73.0 Å². The topological polar surface area (TPSA) is 127 Å². The molecule has 0 saturated carbocycles. The van der Waals surface area contributed by atoms with Crippen LogP contribution in [-0.2, 0) is 11.3 Å². The van der Waals surface area contributed by atoms with Gasteiger partial charge in [0.05, 0.1) is 16.8 Å². The molecule has 0 aliphatic carbocycles. The van der Waals surface area contributed by atoms with E-state index in [4.69, 9.17) is 10.5 Å². The van der Waals surface area contributed by atoms with Crippen LogP contribution in [0.5, 0.6) is 11.8 Å². The fourth-order valence-electron chi connectivity index (χ4n) is 4.96. The molecule has 1 aliphatic rings. The van der Waals surface area contributed by atoms with Crippen molar-refractivity contribution in [2.45, 2.75) is 20.4 Å². The lowest BCUT2D eigenvalue weighted by Gasteiger charge is -2.12. The number of thiophene rings is 1. The average molecular weight is 576 g/mol. The van der Waals surface area contributed by atoms with E-state index in [1.54, 1.807) is 23.7 Å². The number of nitrogens with zero attached hydrogens (tertiary/aromatic N) is 4. The maximum absolute atomic E-state index is 11.7. The van der Waals surface area contributed by atoms with Gasteiger partial charge in [0.2, 0.25) is 5.91 Å². The molecule has 5 aromatic rings. The number of pyridine rings is 1. The molecule has 0 radical (unpaired) electrons. The molecule has 42 heavy (non-hydrogen) atoms. The third-order valence-electron chi connectivity index (χ3n) is 6.98. The summed E-state index contributed by atoms with van der Waals surface area (Å²) >= 11 is 1.67. The first-order valence-electron chi connectivity index (χ1n) is 13.5. The minimum atomic E-state index is -0.205. The minimum Gasteiger partial charge on any atom is -0.424 e. The van der Waals surface area contributed by atoms with Crippen LogP contribution in [0.15, 0.2) is 78.6 Å². The number of aromatic nitrogens is 3. The first-order valence-corrected chi connectivity index (χ1v) is 14.3. The number of nitrogens with one attached hydrogen (secondary N) is 2. The van der Waals surface area contributed by atoms with E-state index in [2.05, 4.69) is 56.2 Å². The third kappa shape index (κ3) is 5.31. The number of amides is 1. The predicted molar refractivity (Wildman–Crippen MR) is 168 cm³/mol. The number of nitrogen functional groups attached to an aromatic ring is 1. The number of hydrogen-bond donors (Lipinski definition) is 3. The van der Waals surface area contributed by atoms with Crippen molar-refractivity contribution in [1.82, 2.24) is 25.6 Å². The smallest absolute Gasteiger partial charge is 0.322 e. The van der Waals surface area contributed by atoms with Crippen molar-refractivity contribution in [3.63, 3.8) is 0 Å². The summed E-state index contributed by atoms with van der Waals surface area (Å²) < 4.78 is 6.93.